The van der Waals surface area contributed by atoms with Crippen molar-refractivity contribution in [2.24, 2.45) is 0 Å². The second kappa shape index (κ2) is 12.6. The molecule has 0 amide bonds. The van der Waals surface area contributed by atoms with Crippen molar-refractivity contribution in [2.45, 2.75) is 67.4 Å². The SMILES string of the molecule is CCCSc1cc(N[C@@H]2C[C@H]2c2ccc(F)c(F)c2)c2nnn([C@@H]3C[C@H](OCCO)[C@@H](O)[C@H]3O)c2c1.N.N. The Labute approximate surface area is 223 Å². The molecular formula is C25H36F2N6O4S. The number of rotatable bonds is 10. The predicted molar refractivity (Wildman–Crippen MR) is 142 cm³/mol. The summed E-state index contributed by atoms with van der Waals surface area (Å²) in [5.74, 6) is -0.713. The van der Waals surface area contributed by atoms with Gasteiger partial charge in [-0.1, -0.05) is 18.2 Å². The Bertz CT molecular complexity index is 1230. The first-order valence-electron chi connectivity index (χ1n) is 12.2. The van der Waals surface area contributed by atoms with Crippen LogP contribution < -0.4 is 17.6 Å². The summed E-state index contributed by atoms with van der Waals surface area (Å²) < 4.78 is 34.2. The van der Waals surface area contributed by atoms with E-state index in [-0.39, 0.29) is 37.5 Å². The third kappa shape index (κ3) is 5.93. The van der Waals surface area contributed by atoms with Gasteiger partial charge in [-0.25, -0.2) is 13.5 Å². The zero-order valence-electron chi connectivity index (χ0n) is 21.3. The van der Waals surface area contributed by atoms with Crippen molar-refractivity contribution < 1.29 is 28.8 Å². The molecule has 1 heterocycles. The molecule has 0 bridgehead atoms. The molecule has 2 fully saturated rings. The zero-order valence-corrected chi connectivity index (χ0v) is 22.1. The molecule has 0 aliphatic heterocycles. The summed E-state index contributed by atoms with van der Waals surface area (Å²) in [5, 5.41) is 42.5. The van der Waals surface area contributed by atoms with Crippen molar-refractivity contribution >= 4 is 28.5 Å². The van der Waals surface area contributed by atoms with E-state index in [9.17, 15) is 19.0 Å². The fraction of sp³-hybridized carbons (Fsp3) is 0.520. The molecular weight excluding hydrogens is 518 g/mol. The summed E-state index contributed by atoms with van der Waals surface area (Å²) in [6.45, 7) is 2.01. The van der Waals surface area contributed by atoms with Crippen molar-refractivity contribution in [3.8, 4) is 0 Å². The molecule has 0 spiro atoms. The minimum Gasteiger partial charge on any atom is -0.394 e. The lowest BCUT2D eigenvalue weighted by molar-refractivity contribution is -0.0629. The molecule has 2 aliphatic carbocycles. The maximum absolute atomic E-state index is 13.7. The third-order valence-corrected chi connectivity index (χ3v) is 8.04. The highest BCUT2D eigenvalue weighted by Gasteiger charge is 2.44. The first-order chi connectivity index (χ1) is 17.4. The number of ether oxygens (including phenoxy) is 1. The summed E-state index contributed by atoms with van der Waals surface area (Å²) in [5.41, 5.74) is 2.89. The number of hydrogen-bond donors (Lipinski definition) is 6. The standard InChI is InChI=1S/C25H30F2N4O4S.2H3N/c1-2-7-36-14-9-19(28-18-11-15(18)13-3-4-16(26)17(27)8-13)23-20(10-14)31(30-29-23)21-12-22(35-6-5-32)25(34)24(21)33;;/h3-4,8-10,15,18,21-22,24-25,28,32-34H,2,5-7,11-12H2,1H3;2*1H3/t15-,18+,21+,22-,24-,25+;;/m0../s1. The lowest BCUT2D eigenvalue weighted by atomic mass is 10.1. The molecule has 5 rings (SSSR count). The van der Waals surface area contributed by atoms with Gasteiger partial charge in [0.25, 0.3) is 0 Å². The van der Waals surface area contributed by atoms with Gasteiger partial charge in [-0.15, -0.1) is 16.9 Å². The molecule has 2 aliphatic rings. The summed E-state index contributed by atoms with van der Waals surface area (Å²) in [6, 6.07) is 7.55. The number of aromatic nitrogens is 3. The molecule has 13 heteroatoms. The lowest BCUT2D eigenvalue weighted by Gasteiger charge is -2.17. The van der Waals surface area contributed by atoms with E-state index in [4.69, 9.17) is 9.84 Å². The Morgan fingerprint density at radius 2 is 1.89 bits per heavy atom. The Morgan fingerprint density at radius 3 is 2.61 bits per heavy atom. The Balaban J connectivity index is 0.00000200. The molecule has 38 heavy (non-hydrogen) atoms. The highest BCUT2D eigenvalue weighted by molar-refractivity contribution is 7.99. The van der Waals surface area contributed by atoms with Gasteiger partial charge in [0.15, 0.2) is 11.6 Å². The molecule has 210 valence electrons. The molecule has 1 aromatic heterocycles. The number of fused-ring (bicyclic) bond motifs is 1. The van der Waals surface area contributed by atoms with E-state index in [1.54, 1.807) is 22.5 Å². The minimum atomic E-state index is -1.10. The molecule has 6 atom stereocenters. The maximum atomic E-state index is 13.7. The Kier molecular flexibility index (Phi) is 10.0. The van der Waals surface area contributed by atoms with Crippen LogP contribution in [0, 0.1) is 11.6 Å². The number of benzene rings is 2. The van der Waals surface area contributed by atoms with E-state index >= 15 is 0 Å². The molecule has 3 aromatic rings. The highest BCUT2D eigenvalue weighted by Crippen LogP contribution is 2.45. The van der Waals surface area contributed by atoms with E-state index in [1.807, 2.05) is 12.1 Å². The summed E-state index contributed by atoms with van der Waals surface area (Å²) >= 11 is 1.70. The van der Waals surface area contributed by atoms with Gasteiger partial charge in [0, 0.05) is 23.3 Å². The van der Waals surface area contributed by atoms with Gasteiger partial charge >= 0.3 is 0 Å². The number of aliphatic hydroxyl groups is 3. The Morgan fingerprint density at radius 1 is 1.11 bits per heavy atom. The van der Waals surface area contributed by atoms with Crippen LogP contribution in [-0.2, 0) is 4.74 Å². The van der Waals surface area contributed by atoms with E-state index in [2.05, 4.69) is 22.6 Å². The van der Waals surface area contributed by atoms with Crippen LogP contribution in [0.3, 0.4) is 0 Å². The van der Waals surface area contributed by atoms with Crippen LogP contribution >= 0.6 is 11.8 Å². The second-order valence-electron chi connectivity index (χ2n) is 9.40. The van der Waals surface area contributed by atoms with Crippen LogP contribution in [0.15, 0.2) is 35.2 Å². The van der Waals surface area contributed by atoms with Crippen LogP contribution in [0.1, 0.15) is 43.7 Å². The number of anilines is 1. The van der Waals surface area contributed by atoms with Crippen LogP contribution in [0.2, 0.25) is 0 Å². The molecule has 10 nitrogen and oxygen atoms in total. The van der Waals surface area contributed by atoms with Gasteiger partial charge in [0.2, 0.25) is 0 Å². The van der Waals surface area contributed by atoms with Crippen molar-refractivity contribution in [3.63, 3.8) is 0 Å². The zero-order chi connectivity index (χ0) is 25.4. The first kappa shape index (κ1) is 30.2. The third-order valence-electron chi connectivity index (χ3n) is 6.86. The average Bonchev–Trinajstić information content (AvgIpc) is 3.41. The molecule has 0 unspecified atom stereocenters. The topological polar surface area (TPSA) is 183 Å². The van der Waals surface area contributed by atoms with Crippen molar-refractivity contribution in [1.29, 1.82) is 0 Å². The maximum Gasteiger partial charge on any atom is 0.159 e. The van der Waals surface area contributed by atoms with Gasteiger partial charge in [-0.2, -0.15) is 0 Å². The monoisotopic (exact) mass is 554 g/mol. The van der Waals surface area contributed by atoms with E-state index in [0.29, 0.717) is 11.9 Å². The van der Waals surface area contributed by atoms with Crippen LogP contribution in [-0.4, -0.2) is 73.6 Å². The van der Waals surface area contributed by atoms with Gasteiger partial charge in [0.1, 0.15) is 17.7 Å². The molecule has 0 saturated heterocycles. The number of halogens is 2. The lowest BCUT2D eigenvalue weighted by Crippen LogP contribution is -2.33. The molecule has 2 saturated carbocycles. The molecule has 10 N–H and O–H groups in total. The predicted octanol–water partition coefficient (Wildman–Crippen LogP) is 3.55. The fourth-order valence-corrected chi connectivity index (χ4v) is 5.75. The fourth-order valence-electron chi connectivity index (χ4n) is 4.92. The number of nitrogens with zero attached hydrogens (tertiary/aromatic N) is 3. The van der Waals surface area contributed by atoms with Crippen LogP contribution in [0.5, 0.6) is 0 Å². The number of thioether (sulfide) groups is 1. The van der Waals surface area contributed by atoms with Gasteiger partial charge in [-0.05, 0) is 48.4 Å². The quantitative estimate of drug-likeness (QED) is 0.203. The summed E-state index contributed by atoms with van der Waals surface area (Å²) in [4.78, 5) is 1.02. The van der Waals surface area contributed by atoms with Crippen molar-refractivity contribution in [2.75, 3.05) is 24.3 Å². The summed E-state index contributed by atoms with van der Waals surface area (Å²) in [6.07, 6.45) is -0.694. The van der Waals surface area contributed by atoms with Gasteiger partial charge in [-0.3, -0.25) is 0 Å². The average molecular weight is 555 g/mol. The summed E-state index contributed by atoms with van der Waals surface area (Å²) in [7, 11) is 0. The van der Waals surface area contributed by atoms with Crippen LogP contribution in [0.25, 0.3) is 11.0 Å². The molecule has 2 aromatic carbocycles. The van der Waals surface area contributed by atoms with Crippen LogP contribution in [0.4, 0.5) is 14.5 Å². The Hall–Kier alpha value is -2.39. The number of nitrogens with one attached hydrogen (secondary N) is 1. The van der Waals surface area contributed by atoms with E-state index in [0.717, 1.165) is 46.3 Å². The molecule has 0 radical (unpaired) electrons. The minimum absolute atomic E-state index is 0. The van der Waals surface area contributed by atoms with E-state index < -0.39 is 36.0 Å². The van der Waals surface area contributed by atoms with Gasteiger partial charge < -0.3 is 37.7 Å². The normalized spacial score (nSPS) is 26.2. The van der Waals surface area contributed by atoms with Crippen molar-refractivity contribution in [3.05, 3.63) is 47.5 Å². The highest BCUT2D eigenvalue weighted by atomic mass is 32.2. The largest absolute Gasteiger partial charge is 0.394 e. The van der Waals surface area contributed by atoms with E-state index in [1.165, 1.54) is 6.07 Å². The first-order valence-corrected chi connectivity index (χ1v) is 13.2. The number of hydrogen-bond acceptors (Lipinski definition) is 10. The second-order valence-corrected chi connectivity index (χ2v) is 10.6. The number of aliphatic hydroxyl groups excluding tert-OH is 3. The van der Waals surface area contributed by atoms with Crippen molar-refractivity contribution in [1.82, 2.24) is 27.3 Å². The smallest absolute Gasteiger partial charge is 0.159 e. The van der Waals surface area contributed by atoms with Gasteiger partial charge in [0.05, 0.1) is 36.6 Å².